The Morgan fingerprint density at radius 2 is 1.67 bits per heavy atom. The predicted octanol–water partition coefficient (Wildman–Crippen LogP) is 4.28. The summed E-state index contributed by atoms with van der Waals surface area (Å²) in [5, 5.41) is 11.1. The minimum atomic E-state index is -0.337. The van der Waals surface area contributed by atoms with Crippen LogP contribution in [0.1, 0.15) is 6.42 Å². The highest BCUT2D eigenvalue weighted by Crippen LogP contribution is 2.23. The SMILES string of the molecule is NC(=O)[C@@H]1CCN(CCn2ncc3cc(NC(=O)Nc4ccc(Oc5ccccc5)cc4)ccc32)C1. The number of hydrogen-bond donors (Lipinski definition) is 3. The van der Waals surface area contributed by atoms with Crippen molar-refractivity contribution >= 4 is 34.2 Å². The lowest BCUT2D eigenvalue weighted by Crippen LogP contribution is -2.29. The first-order valence-corrected chi connectivity index (χ1v) is 11.9. The number of carbonyl (C=O) groups is 2. The molecule has 0 saturated carbocycles. The van der Waals surface area contributed by atoms with Crippen molar-refractivity contribution in [1.82, 2.24) is 14.7 Å². The van der Waals surface area contributed by atoms with Crippen LogP contribution in [0, 0.1) is 5.92 Å². The van der Waals surface area contributed by atoms with Gasteiger partial charge in [-0.05, 0) is 67.6 Å². The Morgan fingerprint density at radius 3 is 2.42 bits per heavy atom. The van der Waals surface area contributed by atoms with Gasteiger partial charge in [0.25, 0.3) is 0 Å². The molecule has 0 radical (unpaired) electrons. The maximum atomic E-state index is 12.5. The highest BCUT2D eigenvalue weighted by molar-refractivity contribution is 6.01. The molecule has 0 aliphatic carbocycles. The van der Waals surface area contributed by atoms with Crippen LogP contribution in [0.4, 0.5) is 16.2 Å². The molecule has 1 saturated heterocycles. The van der Waals surface area contributed by atoms with Crippen LogP contribution < -0.4 is 21.1 Å². The zero-order valence-corrected chi connectivity index (χ0v) is 19.8. The summed E-state index contributed by atoms with van der Waals surface area (Å²) in [6.45, 7) is 3.10. The first kappa shape index (κ1) is 23.4. The third-order valence-electron chi connectivity index (χ3n) is 6.29. The molecule has 1 fully saturated rings. The smallest absolute Gasteiger partial charge is 0.323 e. The van der Waals surface area contributed by atoms with E-state index >= 15 is 0 Å². The van der Waals surface area contributed by atoms with Crippen molar-refractivity contribution < 1.29 is 14.3 Å². The maximum Gasteiger partial charge on any atom is 0.323 e. The summed E-state index contributed by atoms with van der Waals surface area (Å²) in [4.78, 5) is 26.1. The van der Waals surface area contributed by atoms with E-state index in [0.717, 1.165) is 36.2 Å². The van der Waals surface area contributed by atoms with Gasteiger partial charge in [-0.15, -0.1) is 0 Å². The highest BCUT2D eigenvalue weighted by Gasteiger charge is 2.26. The van der Waals surface area contributed by atoms with Gasteiger partial charge >= 0.3 is 6.03 Å². The number of rotatable bonds is 8. The van der Waals surface area contributed by atoms with E-state index in [0.29, 0.717) is 30.2 Å². The molecule has 9 heteroatoms. The third kappa shape index (κ3) is 5.64. The van der Waals surface area contributed by atoms with Gasteiger partial charge in [-0.2, -0.15) is 5.10 Å². The van der Waals surface area contributed by atoms with Gasteiger partial charge in [0, 0.05) is 29.9 Å². The Labute approximate surface area is 208 Å². The third-order valence-corrected chi connectivity index (χ3v) is 6.29. The molecule has 1 aliphatic heterocycles. The van der Waals surface area contributed by atoms with Crippen LogP contribution in [0.15, 0.2) is 79.0 Å². The van der Waals surface area contributed by atoms with Crippen LogP contribution >= 0.6 is 0 Å². The van der Waals surface area contributed by atoms with E-state index in [-0.39, 0.29) is 17.9 Å². The van der Waals surface area contributed by atoms with Gasteiger partial charge in [-0.3, -0.25) is 9.48 Å². The molecule has 4 N–H and O–H groups in total. The molecule has 0 bridgehead atoms. The van der Waals surface area contributed by atoms with Crippen molar-refractivity contribution in [1.29, 1.82) is 0 Å². The van der Waals surface area contributed by atoms with Crippen LogP contribution in [-0.4, -0.2) is 46.3 Å². The Balaban J connectivity index is 1.14. The molecule has 3 amide bonds. The van der Waals surface area contributed by atoms with Gasteiger partial charge in [0.15, 0.2) is 0 Å². The molecule has 0 spiro atoms. The Hall–Kier alpha value is -4.37. The number of anilines is 2. The quantitative estimate of drug-likeness (QED) is 0.345. The fourth-order valence-corrected chi connectivity index (χ4v) is 4.37. The lowest BCUT2D eigenvalue weighted by atomic mass is 10.1. The van der Waals surface area contributed by atoms with Crippen LogP contribution in [0.3, 0.4) is 0 Å². The van der Waals surface area contributed by atoms with E-state index < -0.39 is 0 Å². The molecule has 2 heterocycles. The lowest BCUT2D eigenvalue weighted by molar-refractivity contribution is -0.121. The molecule has 1 aliphatic rings. The zero-order chi connectivity index (χ0) is 24.9. The number of likely N-dealkylation sites (tertiary alicyclic amines) is 1. The number of ether oxygens (including phenoxy) is 1. The van der Waals surface area contributed by atoms with E-state index in [9.17, 15) is 9.59 Å². The van der Waals surface area contributed by atoms with E-state index in [1.165, 1.54) is 0 Å². The molecule has 9 nitrogen and oxygen atoms in total. The molecule has 36 heavy (non-hydrogen) atoms. The molecule has 1 atom stereocenters. The fourth-order valence-electron chi connectivity index (χ4n) is 4.37. The van der Waals surface area contributed by atoms with Gasteiger partial charge < -0.3 is 26.0 Å². The molecule has 3 aromatic carbocycles. The first-order chi connectivity index (χ1) is 17.5. The Bertz CT molecular complexity index is 1350. The minimum absolute atomic E-state index is 0.0558. The van der Waals surface area contributed by atoms with Crippen LogP contribution in [-0.2, 0) is 11.3 Å². The second-order valence-electron chi connectivity index (χ2n) is 8.85. The fraction of sp³-hybridized carbons (Fsp3) is 0.222. The van der Waals surface area contributed by atoms with Crippen LogP contribution in [0.25, 0.3) is 10.9 Å². The summed E-state index contributed by atoms with van der Waals surface area (Å²) < 4.78 is 7.72. The number of para-hydroxylation sites is 1. The van der Waals surface area contributed by atoms with Crippen molar-refractivity contribution in [2.45, 2.75) is 13.0 Å². The van der Waals surface area contributed by atoms with Crippen molar-refractivity contribution in [3.8, 4) is 11.5 Å². The van der Waals surface area contributed by atoms with E-state index in [1.54, 1.807) is 30.5 Å². The topological polar surface area (TPSA) is 115 Å². The Morgan fingerprint density at radius 1 is 0.944 bits per heavy atom. The van der Waals surface area contributed by atoms with Gasteiger partial charge in [0.05, 0.1) is 24.2 Å². The molecule has 5 rings (SSSR count). The number of hydrogen-bond acceptors (Lipinski definition) is 5. The molecular formula is C27H28N6O3. The van der Waals surface area contributed by atoms with Crippen molar-refractivity contribution in [3.05, 3.63) is 79.0 Å². The standard InChI is InChI=1S/C27H28N6O3/c28-26(34)19-12-13-32(18-19)14-15-33-25-11-8-22(16-20(25)17-29-33)31-27(35)30-21-6-9-24(10-7-21)36-23-4-2-1-3-5-23/h1-11,16-17,19H,12-15,18H2,(H2,28,34)(H2,30,31,35)/t19-/m1/s1. The number of nitrogens with one attached hydrogen (secondary N) is 2. The van der Waals surface area contributed by atoms with E-state index in [4.69, 9.17) is 10.5 Å². The van der Waals surface area contributed by atoms with Crippen LogP contribution in [0.5, 0.6) is 11.5 Å². The molecular weight excluding hydrogens is 456 g/mol. The van der Waals surface area contributed by atoms with Crippen molar-refractivity contribution in [2.24, 2.45) is 11.7 Å². The summed E-state index contributed by atoms with van der Waals surface area (Å²) in [6, 6.07) is 22.1. The molecule has 4 aromatic rings. The average Bonchev–Trinajstić information content (AvgIpc) is 3.51. The normalized spacial score (nSPS) is 15.6. The Kier molecular flexibility index (Phi) is 6.81. The average molecular weight is 485 g/mol. The molecule has 0 unspecified atom stereocenters. The summed E-state index contributed by atoms with van der Waals surface area (Å²) in [7, 11) is 0. The number of amides is 3. The second-order valence-corrected chi connectivity index (χ2v) is 8.85. The largest absolute Gasteiger partial charge is 0.457 e. The highest BCUT2D eigenvalue weighted by atomic mass is 16.5. The number of aromatic nitrogens is 2. The summed E-state index contributed by atoms with van der Waals surface area (Å²) in [5.74, 6) is 1.16. The summed E-state index contributed by atoms with van der Waals surface area (Å²) in [5.41, 5.74) is 7.74. The predicted molar refractivity (Wildman–Crippen MR) is 139 cm³/mol. The van der Waals surface area contributed by atoms with Gasteiger partial charge in [-0.25, -0.2) is 4.79 Å². The maximum absolute atomic E-state index is 12.5. The first-order valence-electron chi connectivity index (χ1n) is 11.9. The van der Waals surface area contributed by atoms with Crippen molar-refractivity contribution in [2.75, 3.05) is 30.3 Å². The number of urea groups is 1. The second kappa shape index (κ2) is 10.5. The number of nitrogens with zero attached hydrogens (tertiary/aromatic N) is 3. The number of carbonyl (C=O) groups excluding carboxylic acids is 2. The number of nitrogens with two attached hydrogens (primary N) is 1. The summed E-state index contributed by atoms with van der Waals surface area (Å²) in [6.07, 6.45) is 2.61. The van der Waals surface area contributed by atoms with E-state index in [2.05, 4.69) is 20.6 Å². The monoisotopic (exact) mass is 484 g/mol. The number of fused-ring (bicyclic) bond motifs is 1. The van der Waals surface area contributed by atoms with E-state index in [1.807, 2.05) is 53.2 Å². The lowest BCUT2D eigenvalue weighted by Gasteiger charge is -2.15. The summed E-state index contributed by atoms with van der Waals surface area (Å²) >= 11 is 0. The van der Waals surface area contributed by atoms with Crippen molar-refractivity contribution in [3.63, 3.8) is 0 Å². The van der Waals surface area contributed by atoms with Gasteiger partial charge in [-0.1, -0.05) is 18.2 Å². The minimum Gasteiger partial charge on any atom is -0.457 e. The number of benzene rings is 3. The zero-order valence-electron chi connectivity index (χ0n) is 19.8. The van der Waals surface area contributed by atoms with Crippen LogP contribution in [0.2, 0.25) is 0 Å². The molecule has 184 valence electrons. The van der Waals surface area contributed by atoms with Gasteiger partial charge in [0.2, 0.25) is 5.91 Å². The van der Waals surface area contributed by atoms with Gasteiger partial charge in [0.1, 0.15) is 11.5 Å². The number of primary amides is 1. The molecule has 1 aromatic heterocycles.